The topological polar surface area (TPSA) is 50.7 Å². The monoisotopic (exact) mass is 392 g/mol. The van der Waals surface area contributed by atoms with Crippen molar-refractivity contribution in [1.82, 2.24) is 5.43 Å². The number of allylic oxidation sites excluding steroid dienone is 1. The molecule has 0 unspecified atom stereocenters. The molecule has 2 aromatic rings. The number of nitrogens with zero attached hydrogens (tertiary/aromatic N) is 1. The van der Waals surface area contributed by atoms with Gasteiger partial charge in [0.25, 0.3) is 5.91 Å². The first kappa shape index (κ1) is 17.2. The highest BCUT2D eigenvalue weighted by Gasteiger charge is 2.01. The fourth-order valence-corrected chi connectivity index (χ4v) is 2.12. The minimum absolute atomic E-state index is 0.126. The lowest BCUT2D eigenvalue weighted by Gasteiger charge is -2.04. The number of hydrazone groups is 1. The summed E-state index contributed by atoms with van der Waals surface area (Å²) in [7, 11) is 0. The van der Waals surface area contributed by atoms with Gasteiger partial charge in [0.1, 0.15) is 5.75 Å². The fraction of sp³-hybridized carbons (Fsp3) is 0.0588. The molecule has 0 saturated heterocycles. The van der Waals surface area contributed by atoms with Gasteiger partial charge >= 0.3 is 0 Å². The molecule has 2 rings (SSSR count). The maximum absolute atomic E-state index is 11.6. The van der Waals surface area contributed by atoms with Crippen molar-refractivity contribution in [3.63, 3.8) is 0 Å². The van der Waals surface area contributed by atoms with Crippen LogP contribution < -0.4 is 10.2 Å². The molecule has 6 heteroatoms. The zero-order valence-corrected chi connectivity index (χ0v) is 14.4. The molecule has 4 nitrogen and oxygen atoms in total. The third kappa shape index (κ3) is 6.67. The molecule has 23 heavy (non-hydrogen) atoms. The molecule has 0 atom stereocenters. The van der Waals surface area contributed by atoms with Gasteiger partial charge < -0.3 is 4.74 Å². The van der Waals surface area contributed by atoms with E-state index < -0.39 is 0 Å². The van der Waals surface area contributed by atoms with E-state index >= 15 is 0 Å². The predicted molar refractivity (Wildman–Crippen MR) is 96.9 cm³/mol. The Morgan fingerprint density at radius 3 is 2.57 bits per heavy atom. The molecule has 0 aliphatic carbocycles. The Hall–Kier alpha value is -2.11. The second-order valence-electron chi connectivity index (χ2n) is 4.48. The van der Waals surface area contributed by atoms with E-state index in [9.17, 15) is 4.79 Å². The Morgan fingerprint density at radius 2 is 1.87 bits per heavy atom. The van der Waals surface area contributed by atoms with E-state index in [2.05, 4.69) is 26.5 Å². The van der Waals surface area contributed by atoms with E-state index in [1.165, 1.54) is 6.21 Å². The van der Waals surface area contributed by atoms with E-state index in [0.29, 0.717) is 10.8 Å². The first-order valence-electron chi connectivity index (χ1n) is 6.76. The second kappa shape index (κ2) is 9.12. The molecule has 0 bridgehead atoms. The van der Waals surface area contributed by atoms with Gasteiger partial charge in [-0.25, -0.2) is 5.43 Å². The van der Waals surface area contributed by atoms with Crippen LogP contribution >= 0.6 is 27.5 Å². The van der Waals surface area contributed by atoms with Gasteiger partial charge in [0.05, 0.1) is 6.21 Å². The van der Waals surface area contributed by atoms with Crippen LogP contribution in [-0.4, -0.2) is 18.7 Å². The van der Waals surface area contributed by atoms with Crippen LogP contribution in [0, 0.1) is 0 Å². The third-order valence-corrected chi connectivity index (χ3v) is 3.35. The van der Waals surface area contributed by atoms with Crippen molar-refractivity contribution in [3.8, 4) is 5.75 Å². The van der Waals surface area contributed by atoms with Crippen LogP contribution in [0.2, 0.25) is 5.02 Å². The number of halogens is 2. The molecule has 0 spiro atoms. The normalized spacial score (nSPS) is 11.5. The van der Waals surface area contributed by atoms with Crippen molar-refractivity contribution in [2.24, 2.45) is 5.10 Å². The van der Waals surface area contributed by atoms with Gasteiger partial charge in [-0.15, -0.1) is 0 Å². The van der Waals surface area contributed by atoms with Crippen molar-refractivity contribution in [3.05, 3.63) is 69.7 Å². The number of hydrogen-bond donors (Lipinski definition) is 1. The predicted octanol–water partition coefficient (Wildman–Crippen LogP) is 4.26. The largest absolute Gasteiger partial charge is 0.484 e. The number of carbonyl (C=O) groups excluding carboxylic acids is 1. The summed E-state index contributed by atoms with van der Waals surface area (Å²) >= 11 is 9.13. The standard InChI is InChI=1S/C17H14BrClN2O2/c18-14(10-13-4-2-1-3-5-13)11-20-21-17(22)12-23-16-8-6-15(19)7-9-16/h1-11H,12H2,(H,21,22)/b14-10-,20-11-. The van der Waals surface area contributed by atoms with Gasteiger partial charge in [0, 0.05) is 9.51 Å². The summed E-state index contributed by atoms with van der Waals surface area (Å²) in [5.74, 6) is 0.217. The van der Waals surface area contributed by atoms with Gasteiger partial charge in [0.2, 0.25) is 0 Å². The number of ether oxygens (including phenoxy) is 1. The van der Waals surface area contributed by atoms with Crippen LogP contribution in [0.1, 0.15) is 5.56 Å². The maximum Gasteiger partial charge on any atom is 0.277 e. The van der Waals surface area contributed by atoms with E-state index in [0.717, 1.165) is 10.0 Å². The molecule has 0 fully saturated rings. The van der Waals surface area contributed by atoms with Crippen LogP contribution in [-0.2, 0) is 4.79 Å². The van der Waals surface area contributed by atoms with Crippen molar-refractivity contribution in [2.45, 2.75) is 0 Å². The highest BCUT2D eigenvalue weighted by molar-refractivity contribution is 9.12. The molecule has 0 aliphatic rings. The van der Waals surface area contributed by atoms with Gasteiger partial charge in [-0.05, 0) is 51.8 Å². The molecule has 1 amide bonds. The smallest absolute Gasteiger partial charge is 0.277 e. The summed E-state index contributed by atoms with van der Waals surface area (Å²) in [5.41, 5.74) is 3.42. The van der Waals surface area contributed by atoms with Crippen LogP contribution in [0.15, 0.2) is 64.2 Å². The van der Waals surface area contributed by atoms with E-state index in [1.807, 2.05) is 36.4 Å². The van der Waals surface area contributed by atoms with Crippen LogP contribution in [0.25, 0.3) is 6.08 Å². The van der Waals surface area contributed by atoms with Crippen LogP contribution in [0.3, 0.4) is 0 Å². The second-order valence-corrected chi connectivity index (χ2v) is 5.83. The molecule has 0 radical (unpaired) electrons. The molecule has 0 aromatic heterocycles. The number of carbonyl (C=O) groups is 1. The summed E-state index contributed by atoms with van der Waals surface area (Å²) in [6.45, 7) is -0.126. The zero-order valence-electron chi connectivity index (χ0n) is 12.1. The summed E-state index contributed by atoms with van der Waals surface area (Å²) in [6.07, 6.45) is 3.40. The molecular weight excluding hydrogens is 380 g/mol. The molecular formula is C17H14BrClN2O2. The van der Waals surface area contributed by atoms with Gasteiger partial charge in [-0.2, -0.15) is 5.10 Å². The maximum atomic E-state index is 11.6. The molecule has 0 aliphatic heterocycles. The Morgan fingerprint density at radius 1 is 1.17 bits per heavy atom. The van der Waals surface area contributed by atoms with Crippen molar-refractivity contribution < 1.29 is 9.53 Å². The van der Waals surface area contributed by atoms with Crippen LogP contribution in [0.5, 0.6) is 5.75 Å². The molecule has 118 valence electrons. The lowest BCUT2D eigenvalue weighted by atomic mass is 10.2. The Bertz CT molecular complexity index is 700. The summed E-state index contributed by atoms with van der Waals surface area (Å²) < 4.78 is 6.04. The molecule has 0 heterocycles. The molecule has 1 N–H and O–H groups in total. The lowest BCUT2D eigenvalue weighted by molar-refractivity contribution is -0.123. The average molecular weight is 394 g/mol. The average Bonchev–Trinajstić information content (AvgIpc) is 2.55. The van der Waals surface area contributed by atoms with E-state index in [1.54, 1.807) is 24.3 Å². The summed E-state index contributed by atoms with van der Waals surface area (Å²) in [5, 5.41) is 4.47. The number of amides is 1. The SMILES string of the molecule is O=C(COc1ccc(Cl)cc1)N/N=C\C(Br)=C\c1ccccc1. The number of rotatable bonds is 6. The summed E-state index contributed by atoms with van der Waals surface area (Å²) in [4.78, 5) is 11.6. The Balaban J connectivity index is 1.77. The first-order chi connectivity index (χ1) is 11.1. The number of hydrogen-bond acceptors (Lipinski definition) is 3. The third-order valence-electron chi connectivity index (χ3n) is 2.66. The lowest BCUT2D eigenvalue weighted by Crippen LogP contribution is -2.24. The number of nitrogens with one attached hydrogen (secondary N) is 1. The summed E-state index contributed by atoms with van der Waals surface area (Å²) in [6, 6.07) is 16.5. The van der Waals surface area contributed by atoms with Crippen molar-refractivity contribution in [1.29, 1.82) is 0 Å². The molecule has 0 saturated carbocycles. The van der Waals surface area contributed by atoms with Gasteiger partial charge in [-0.3, -0.25) is 4.79 Å². The molecule has 2 aromatic carbocycles. The Labute approximate surface area is 147 Å². The number of benzene rings is 2. The quantitative estimate of drug-likeness (QED) is 0.589. The minimum Gasteiger partial charge on any atom is -0.484 e. The van der Waals surface area contributed by atoms with E-state index in [4.69, 9.17) is 16.3 Å². The van der Waals surface area contributed by atoms with Crippen molar-refractivity contribution in [2.75, 3.05) is 6.61 Å². The van der Waals surface area contributed by atoms with E-state index in [-0.39, 0.29) is 12.5 Å². The van der Waals surface area contributed by atoms with Gasteiger partial charge in [-0.1, -0.05) is 41.9 Å². The Kier molecular flexibility index (Phi) is 6.84. The van der Waals surface area contributed by atoms with Crippen LogP contribution in [0.4, 0.5) is 0 Å². The highest BCUT2D eigenvalue weighted by Crippen LogP contribution is 2.15. The first-order valence-corrected chi connectivity index (χ1v) is 7.93. The minimum atomic E-state index is -0.351. The zero-order chi connectivity index (χ0) is 16.5. The highest BCUT2D eigenvalue weighted by atomic mass is 79.9. The fourth-order valence-electron chi connectivity index (χ4n) is 1.62. The van der Waals surface area contributed by atoms with Crippen molar-refractivity contribution >= 4 is 45.7 Å². The van der Waals surface area contributed by atoms with Gasteiger partial charge in [0.15, 0.2) is 6.61 Å².